The second-order valence-corrected chi connectivity index (χ2v) is 8.61. The number of carboxylic acid groups (broad SMARTS) is 1. The molecule has 0 unspecified atom stereocenters. The summed E-state index contributed by atoms with van der Waals surface area (Å²) in [7, 11) is 1.61. The quantitative estimate of drug-likeness (QED) is 0.442. The second kappa shape index (κ2) is 8.25. The highest BCUT2D eigenvalue weighted by molar-refractivity contribution is 6.31. The summed E-state index contributed by atoms with van der Waals surface area (Å²) in [5.41, 5.74) is 0.902. The minimum atomic E-state index is -1.34. The number of aryl methyl sites for hydroxylation is 1. The summed E-state index contributed by atoms with van der Waals surface area (Å²) in [6.45, 7) is 2.17. The second-order valence-electron chi connectivity index (χ2n) is 8.20. The van der Waals surface area contributed by atoms with Crippen LogP contribution in [0.15, 0.2) is 47.5 Å². The Hall–Kier alpha value is -3.72. The van der Waals surface area contributed by atoms with Crippen LogP contribution in [0.1, 0.15) is 10.4 Å². The van der Waals surface area contributed by atoms with Gasteiger partial charge in [0.05, 0.1) is 33.3 Å². The van der Waals surface area contributed by atoms with Gasteiger partial charge in [0.1, 0.15) is 17.2 Å². The summed E-state index contributed by atoms with van der Waals surface area (Å²) >= 11 is 5.90. The predicted octanol–water partition coefficient (Wildman–Crippen LogP) is 4.04. The molecule has 7 nitrogen and oxygen atoms in total. The molecule has 0 aliphatic carbocycles. The van der Waals surface area contributed by atoms with Crippen LogP contribution in [0.5, 0.6) is 0 Å². The Morgan fingerprint density at radius 1 is 1.06 bits per heavy atom. The van der Waals surface area contributed by atoms with Gasteiger partial charge in [-0.3, -0.25) is 9.78 Å². The topological polar surface area (TPSA) is 78.7 Å². The number of aromatic carboxylic acids is 1. The first-order valence-electron chi connectivity index (χ1n) is 10.5. The predicted molar refractivity (Wildman–Crippen MR) is 127 cm³/mol. The molecule has 0 saturated carbocycles. The third-order valence-electron chi connectivity index (χ3n) is 6.21. The molecule has 1 saturated heterocycles. The molecule has 4 aromatic rings. The first kappa shape index (κ1) is 22.1. The number of piperazine rings is 1. The number of aromatic nitrogens is 2. The van der Waals surface area contributed by atoms with E-state index in [0.29, 0.717) is 42.9 Å². The minimum absolute atomic E-state index is 0.0519. The number of hydrogen-bond donors (Lipinski definition) is 1. The van der Waals surface area contributed by atoms with Crippen molar-refractivity contribution in [2.75, 3.05) is 36.0 Å². The van der Waals surface area contributed by atoms with Gasteiger partial charge < -0.3 is 19.5 Å². The molecule has 5 rings (SSSR count). The van der Waals surface area contributed by atoms with Crippen LogP contribution in [0.3, 0.4) is 0 Å². The Morgan fingerprint density at radius 3 is 2.44 bits per heavy atom. The van der Waals surface area contributed by atoms with Crippen molar-refractivity contribution in [3.63, 3.8) is 0 Å². The Bertz CT molecular complexity index is 1530. The molecule has 3 heterocycles. The zero-order valence-electron chi connectivity index (χ0n) is 18.1. The third kappa shape index (κ3) is 3.62. The smallest absolute Gasteiger partial charge is 0.341 e. The Balaban J connectivity index is 1.50. The van der Waals surface area contributed by atoms with Gasteiger partial charge >= 0.3 is 5.97 Å². The first-order chi connectivity index (χ1) is 16.2. The lowest BCUT2D eigenvalue weighted by Crippen LogP contribution is -2.46. The van der Waals surface area contributed by atoms with Crippen molar-refractivity contribution < 1.29 is 18.7 Å². The van der Waals surface area contributed by atoms with Gasteiger partial charge in [0.25, 0.3) is 0 Å². The number of fused-ring (bicyclic) bond motifs is 3. The molecule has 2 aromatic carbocycles. The van der Waals surface area contributed by atoms with Gasteiger partial charge in [0.2, 0.25) is 5.43 Å². The van der Waals surface area contributed by atoms with E-state index in [4.69, 9.17) is 11.6 Å². The van der Waals surface area contributed by atoms with E-state index in [1.807, 2.05) is 9.80 Å². The minimum Gasteiger partial charge on any atom is -0.477 e. The van der Waals surface area contributed by atoms with E-state index in [2.05, 4.69) is 4.98 Å². The summed E-state index contributed by atoms with van der Waals surface area (Å²) in [5, 5.41) is 9.82. The maximum absolute atomic E-state index is 15.3. The highest BCUT2D eigenvalue weighted by atomic mass is 35.5. The zero-order valence-corrected chi connectivity index (χ0v) is 18.8. The Morgan fingerprint density at radius 2 is 1.76 bits per heavy atom. The van der Waals surface area contributed by atoms with Crippen LogP contribution in [-0.2, 0) is 7.05 Å². The number of anilines is 2. The van der Waals surface area contributed by atoms with Crippen LogP contribution >= 0.6 is 11.6 Å². The molecule has 0 radical (unpaired) electrons. The maximum atomic E-state index is 15.3. The fourth-order valence-electron chi connectivity index (χ4n) is 4.44. The van der Waals surface area contributed by atoms with Gasteiger partial charge in [0, 0.05) is 50.5 Å². The van der Waals surface area contributed by atoms with E-state index in [-0.39, 0.29) is 21.4 Å². The largest absolute Gasteiger partial charge is 0.477 e. The SMILES string of the molecule is Cn1cc(C(=O)O)c(=O)c2c3cc(F)c(N4CCN(c5ccc(F)c(Cl)c5)CC4)cc3ncc21. The summed E-state index contributed by atoms with van der Waals surface area (Å²) < 4.78 is 30.2. The monoisotopic (exact) mass is 484 g/mol. The highest BCUT2D eigenvalue weighted by Crippen LogP contribution is 2.30. The molecule has 174 valence electrons. The zero-order chi connectivity index (χ0) is 24.1. The molecule has 0 bridgehead atoms. The van der Waals surface area contributed by atoms with Crippen LogP contribution in [0.4, 0.5) is 20.2 Å². The van der Waals surface area contributed by atoms with Crippen LogP contribution in [-0.4, -0.2) is 46.8 Å². The molecular weight excluding hydrogens is 466 g/mol. The Kier molecular flexibility index (Phi) is 5.36. The number of hydrogen-bond acceptors (Lipinski definition) is 5. The molecule has 1 N–H and O–H groups in total. The van der Waals surface area contributed by atoms with E-state index in [1.165, 1.54) is 29.1 Å². The standard InChI is InChI=1S/C24H19ClF2N4O3/c1-29-12-15(24(33)34)23(32)22-14-9-18(27)20(10-19(14)28-11-21(22)29)31-6-4-30(5-7-31)13-2-3-17(26)16(25)8-13/h2-3,8-12H,4-7H2,1H3,(H,33,34). The molecule has 0 spiro atoms. The van der Waals surface area contributed by atoms with Crippen molar-refractivity contribution in [2.45, 2.75) is 0 Å². The van der Waals surface area contributed by atoms with Gasteiger partial charge in [-0.2, -0.15) is 0 Å². The molecule has 10 heteroatoms. The lowest BCUT2D eigenvalue weighted by atomic mass is 10.1. The van der Waals surface area contributed by atoms with Gasteiger partial charge in [-0.15, -0.1) is 0 Å². The van der Waals surface area contributed by atoms with Crippen molar-refractivity contribution >= 4 is 50.8 Å². The van der Waals surface area contributed by atoms with Crippen LogP contribution in [0.2, 0.25) is 5.02 Å². The van der Waals surface area contributed by atoms with Gasteiger partial charge in [0.15, 0.2) is 0 Å². The van der Waals surface area contributed by atoms with Crippen LogP contribution in [0.25, 0.3) is 21.8 Å². The lowest BCUT2D eigenvalue weighted by Gasteiger charge is -2.37. The van der Waals surface area contributed by atoms with Crippen molar-refractivity contribution in [2.24, 2.45) is 7.05 Å². The number of nitrogens with zero attached hydrogens (tertiary/aromatic N) is 4. The normalized spacial score (nSPS) is 14.2. The number of carbonyl (C=O) groups is 1. The summed E-state index contributed by atoms with van der Waals surface area (Å²) in [6, 6.07) is 7.39. The molecular formula is C24H19ClF2N4O3. The molecule has 34 heavy (non-hydrogen) atoms. The maximum Gasteiger partial charge on any atom is 0.341 e. The van der Waals surface area contributed by atoms with Crippen LogP contribution < -0.4 is 15.2 Å². The number of pyridine rings is 2. The third-order valence-corrected chi connectivity index (χ3v) is 6.50. The Labute approximate surface area is 197 Å². The van der Waals surface area contributed by atoms with Crippen LogP contribution in [0, 0.1) is 11.6 Å². The summed E-state index contributed by atoms with van der Waals surface area (Å²) in [4.78, 5) is 32.7. The van der Waals surface area contributed by atoms with Gasteiger partial charge in [-0.05, 0) is 30.3 Å². The van der Waals surface area contributed by atoms with E-state index in [9.17, 15) is 19.1 Å². The molecule has 1 aliphatic rings. The molecule has 0 atom stereocenters. The number of benzene rings is 2. The average Bonchev–Trinajstić information content (AvgIpc) is 2.82. The van der Waals surface area contributed by atoms with Gasteiger partial charge in [-0.1, -0.05) is 11.6 Å². The number of rotatable bonds is 3. The fraction of sp³-hybridized carbons (Fsp3) is 0.208. The fourth-order valence-corrected chi connectivity index (χ4v) is 4.61. The highest BCUT2D eigenvalue weighted by Gasteiger charge is 2.23. The molecule has 2 aromatic heterocycles. The van der Waals surface area contributed by atoms with Crippen molar-refractivity contribution in [3.8, 4) is 0 Å². The first-order valence-corrected chi connectivity index (χ1v) is 10.9. The number of halogens is 3. The molecule has 1 aliphatic heterocycles. The number of carboxylic acids is 1. The van der Waals surface area contributed by atoms with E-state index >= 15 is 4.39 Å². The van der Waals surface area contributed by atoms with Gasteiger partial charge in [-0.25, -0.2) is 13.6 Å². The van der Waals surface area contributed by atoms with Crippen molar-refractivity contribution in [1.82, 2.24) is 9.55 Å². The lowest BCUT2D eigenvalue weighted by molar-refractivity contribution is 0.0695. The summed E-state index contributed by atoms with van der Waals surface area (Å²) in [5.74, 6) is -2.35. The van der Waals surface area contributed by atoms with E-state index < -0.39 is 23.0 Å². The van der Waals surface area contributed by atoms with Crippen molar-refractivity contribution in [3.05, 3.63) is 75.2 Å². The van der Waals surface area contributed by atoms with Crippen molar-refractivity contribution in [1.29, 1.82) is 0 Å². The molecule has 1 fully saturated rings. The average molecular weight is 485 g/mol. The molecule has 0 amide bonds. The van der Waals surface area contributed by atoms with E-state index in [0.717, 1.165) is 5.69 Å². The van der Waals surface area contributed by atoms with E-state index in [1.54, 1.807) is 25.2 Å². The summed E-state index contributed by atoms with van der Waals surface area (Å²) in [6.07, 6.45) is 2.72.